The van der Waals surface area contributed by atoms with Gasteiger partial charge in [-0.2, -0.15) is 0 Å². The molecule has 1 amide bonds. The van der Waals surface area contributed by atoms with Gasteiger partial charge in [-0.25, -0.2) is 0 Å². The lowest BCUT2D eigenvalue weighted by molar-refractivity contribution is 0.0948. The molecule has 4 N–H and O–H groups in total. The first kappa shape index (κ1) is 21.2. The fraction of sp³-hybridized carbons (Fsp3) is 0.182. The monoisotopic (exact) mass is 425 g/mol. The Balaban J connectivity index is 1.55. The van der Waals surface area contributed by atoms with Crippen molar-refractivity contribution in [1.82, 2.24) is 5.32 Å². The van der Waals surface area contributed by atoms with Crippen LogP contribution in [0.2, 0.25) is 0 Å². The molecule has 0 spiro atoms. The van der Waals surface area contributed by atoms with Crippen molar-refractivity contribution in [1.29, 1.82) is 5.41 Å². The lowest BCUT2D eigenvalue weighted by atomic mass is 10.1. The largest absolute Gasteiger partial charge is 0.507 e. The second kappa shape index (κ2) is 9.80. The van der Waals surface area contributed by atoms with Crippen molar-refractivity contribution in [3.05, 3.63) is 69.9 Å². The summed E-state index contributed by atoms with van der Waals surface area (Å²) in [5.41, 5.74) is 1.94. The summed E-state index contributed by atoms with van der Waals surface area (Å²) in [6, 6.07) is 14.4. The predicted molar refractivity (Wildman–Crippen MR) is 118 cm³/mol. The van der Waals surface area contributed by atoms with E-state index in [0.29, 0.717) is 24.6 Å². The van der Waals surface area contributed by atoms with Crippen LogP contribution in [0, 0.1) is 5.41 Å². The van der Waals surface area contributed by atoms with E-state index in [1.807, 2.05) is 41.8 Å². The fourth-order valence-corrected chi connectivity index (χ4v) is 3.50. The summed E-state index contributed by atoms with van der Waals surface area (Å²) < 4.78 is 10.3. The Labute approximate surface area is 178 Å². The van der Waals surface area contributed by atoms with E-state index in [1.165, 1.54) is 31.6 Å². The molecule has 0 radical (unpaired) electrons. The van der Waals surface area contributed by atoms with E-state index in [-0.39, 0.29) is 17.1 Å². The van der Waals surface area contributed by atoms with Gasteiger partial charge in [0, 0.05) is 24.4 Å². The van der Waals surface area contributed by atoms with Crippen LogP contribution in [0.5, 0.6) is 17.2 Å². The highest BCUT2D eigenvalue weighted by molar-refractivity contribution is 7.12. The Bertz CT molecular complexity index is 1020. The second-order valence-corrected chi connectivity index (χ2v) is 7.35. The molecule has 1 heterocycles. The molecule has 2 aromatic carbocycles. The average molecular weight is 426 g/mol. The summed E-state index contributed by atoms with van der Waals surface area (Å²) in [6.07, 6.45) is 0.619. The van der Waals surface area contributed by atoms with Gasteiger partial charge in [0.25, 0.3) is 5.91 Å². The number of carbonyl (C=O) groups is 1. The maximum atomic E-state index is 12.5. The van der Waals surface area contributed by atoms with Gasteiger partial charge in [0.15, 0.2) is 0 Å². The molecule has 3 aromatic rings. The summed E-state index contributed by atoms with van der Waals surface area (Å²) in [5.74, 6) is 0.384. The number of ether oxygens (including phenoxy) is 2. The van der Waals surface area contributed by atoms with E-state index < -0.39 is 5.91 Å². The number of thiophene rings is 1. The summed E-state index contributed by atoms with van der Waals surface area (Å²) in [4.78, 5) is 13.4. The number of amidine groups is 1. The van der Waals surface area contributed by atoms with Gasteiger partial charge in [-0.05, 0) is 35.6 Å². The highest BCUT2D eigenvalue weighted by atomic mass is 32.1. The Morgan fingerprint density at radius 1 is 1.13 bits per heavy atom. The molecule has 7 nitrogen and oxygen atoms in total. The van der Waals surface area contributed by atoms with Gasteiger partial charge in [-0.3, -0.25) is 10.2 Å². The average Bonchev–Trinajstić information content (AvgIpc) is 3.29. The van der Waals surface area contributed by atoms with Crippen molar-refractivity contribution in [2.45, 2.75) is 6.42 Å². The predicted octanol–water partition coefficient (Wildman–Crippen LogP) is 3.88. The molecule has 0 saturated carbocycles. The Morgan fingerprint density at radius 2 is 1.90 bits per heavy atom. The number of aromatic hydroxyl groups is 1. The lowest BCUT2D eigenvalue weighted by Crippen LogP contribution is -2.26. The zero-order valence-corrected chi connectivity index (χ0v) is 17.5. The molecule has 3 rings (SSSR count). The molecule has 8 heteroatoms. The molecule has 0 atom stereocenters. The quantitative estimate of drug-likeness (QED) is 0.324. The molecule has 30 heavy (non-hydrogen) atoms. The molecule has 0 unspecified atom stereocenters. The van der Waals surface area contributed by atoms with Crippen LogP contribution in [0.4, 0.5) is 5.69 Å². The van der Waals surface area contributed by atoms with Crippen molar-refractivity contribution in [2.75, 3.05) is 26.1 Å². The maximum absolute atomic E-state index is 12.5. The van der Waals surface area contributed by atoms with E-state index >= 15 is 0 Å². The normalized spacial score (nSPS) is 10.3. The minimum Gasteiger partial charge on any atom is -0.507 e. The molecule has 0 aliphatic heterocycles. The SMILES string of the molecule is COc1cc(O)c(C(=O)NCCc2ccc(NC(=N)c3cccs3)cc2)c(OC)c1. The van der Waals surface area contributed by atoms with Crippen LogP contribution in [0.3, 0.4) is 0 Å². The van der Waals surface area contributed by atoms with Gasteiger partial charge in [0.2, 0.25) is 0 Å². The molecule has 1 aromatic heterocycles. The number of nitrogens with one attached hydrogen (secondary N) is 3. The summed E-state index contributed by atoms with van der Waals surface area (Å²) in [5, 5.41) is 26.0. The standard InChI is InChI=1S/C22H23N3O4S/c1-28-16-12-17(26)20(18(13-16)29-2)22(27)24-10-9-14-5-7-15(8-6-14)25-21(23)19-4-3-11-30-19/h3-8,11-13,26H,9-10H2,1-2H3,(H2,23,25)(H,24,27). The second-order valence-electron chi connectivity index (χ2n) is 6.40. The first-order valence-corrected chi connectivity index (χ1v) is 10.1. The molecular formula is C22H23N3O4S. The van der Waals surface area contributed by atoms with E-state index in [2.05, 4.69) is 10.6 Å². The third-order valence-corrected chi connectivity index (χ3v) is 5.31. The van der Waals surface area contributed by atoms with Gasteiger partial charge in [-0.1, -0.05) is 18.2 Å². The summed E-state index contributed by atoms with van der Waals surface area (Å²) in [7, 11) is 2.90. The van der Waals surface area contributed by atoms with Gasteiger partial charge in [-0.15, -0.1) is 11.3 Å². The highest BCUT2D eigenvalue weighted by Gasteiger charge is 2.19. The number of hydrogen-bond acceptors (Lipinski definition) is 6. The number of carbonyl (C=O) groups excluding carboxylic acids is 1. The third kappa shape index (κ3) is 5.09. The van der Waals surface area contributed by atoms with Crippen LogP contribution in [-0.2, 0) is 6.42 Å². The Kier molecular flexibility index (Phi) is 6.92. The van der Waals surface area contributed by atoms with Gasteiger partial charge >= 0.3 is 0 Å². The van der Waals surface area contributed by atoms with E-state index in [9.17, 15) is 9.90 Å². The minimum atomic E-state index is -0.422. The van der Waals surface area contributed by atoms with Crippen LogP contribution in [0.1, 0.15) is 20.8 Å². The lowest BCUT2D eigenvalue weighted by Gasteiger charge is -2.13. The first-order chi connectivity index (χ1) is 14.5. The maximum Gasteiger partial charge on any atom is 0.258 e. The smallest absolute Gasteiger partial charge is 0.258 e. The van der Waals surface area contributed by atoms with Crippen LogP contribution < -0.4 is 20.1 Å². The van der Waals surface area contributed by atoms with Crippen molar-refractivity contribution < 1.29 is 19.4 Å². The van der Waals surface area contributed by atoms with E-state index in [4.69, 9.17) is 14.9 Å². The number of hydrogen-bond donors (Lipinski definition) is 4. The number of amides is 1. The molecule has 0 aliphatic carbocycles. The minimum absolute atomic E-state index is 0.0740. The molecule has 0 aliphatic rings. The summed E-state index contributed by atoms with van der Waals surface area (Å²) in [6.45, 7) is 0.394. The first-order valence-electron chi connectivity index (χ1n) is 9.23. The molecular weight excluding hydrogens is 402 g/mol. The van der Waals surface area contributed by atoms with Crippen molar-refractivity contribution >= 4 is 28.8 Å². The van der Waals surface area contributed by atoms with E-state index in [1.54, 1.807) is 6.07 Å². The zero-order valence-electron chi connectivity index (χ0n) is 16.7. The number of phenolic OH excluding ortho intramolecular Hbond substituents is 1. The van der Waals surface area contributed by atoms with Crippen LogP contribution in [0.25, 0.3) is 0 Å². The van der Waals surface area contributed by atoms with Gasteiger partial charge in [0.1, 0.15) is 28.6 Å². The summed E-state index contributed by atoms with van der Waals surface area (Å²) >= 11 is 1.51. The Morgan fingerprint density at radius 3 is 2.53 bits per heavy atom. The molecule has 0 bridgehead atoms. The number of methoxy groups -OCH3 is 2. The van der Waals surface area contributed by atoms with Crippen LogP contribution in [-0.4, -0.2) is 37.6 Å². The van der Waals surface area contributed by atoms with Crippen molar-refractivity contribution in [3.8, 4) is 17.2 Å². The number of rotatable bonds is 8. The highest BCUT2D eigenvalue weighted by Crippen LogP contribution is 2.33. The number of phenols is 1. The van der Waals surface area contributed by atoms with E-state index in [0.717, 1.165) is 16.1 Å². The van der Waals surface area contributed by atoms with Crippen molar-refractivity contribution in [3.63, 3.8) is 0 Å². The van der Waals surface area contributed by atoms with Gasteiger partial charge < -0.3 is 25.2 Å². The molecule has 0 saturated heterocycles. The number of anilines is 1. The number of benzene rings is 2. The third-order valence-electron chi connectivity index (χ3n) is 4.43. The fourth-order valence-electron chi connectivity index (χ4n) is 2.87. The van der Waals surface area contributed by atoms with Gasteiger partial charge in [0.05, 0.1) is 19.1 Å². The molecule has 0 fully saturated rings. The zero-order chi connectivity index (χ0) is 21.5. The molecule has 156 valence electrons. The van der Waals surface area contributed by atoms with Crippen LogP contribution in [0.15, 0.2) is 53.9 Å². The van der Waals surface area contributed by atoms with Crippen LogP contribution >= 0.6 is 11.3 Å². The topological polar surface area (TPSA) is 104 Å². The van der Waals surface area contributed by atoms with Crippen molar-refractivity contribution in [2.24, 2.45) is 0 Å². The Hall–Kier alpha value is -3.52.